The van der Waals surface area contributed by atoms with Gasteiger partial charge in [-0.3, -0.25) is 9.69 Å². The summed E-state index contributed by atoms with van der Waals surface area (Å²) in [7, 11) is 3.29. The molecule has 0 N–H and O–H groups in total. The van der Waals surface area contributed by atoms with Crippen molar-refractivity contribution in [3.8, 4) is 11.5 Å². The molecule has 4 heteroatoms. The summed E-state index contributed by atoms with van der Waals surface area (Å²) >= 11 is 0. The van der Waals surface area contributed by atoms with E-state index in [1.807, 2.05) is 12.1 Å². The third-order valence-corrected chi connectivity index (χ3v) is 4.75. The third-order valence-electron chi connectivity index (χ3n) is 4.75. The van der Waals surface area contributed by atoms with E-state index in [1.54, 1.807) is 14.2 Å². The minimum Gasteiger partial charge on any atom is -0.493 e. The fraction of sp³-hybridized carbons (Fsp3) is 0.588. The van der Waals surface area contributed by atoms with Crippen LogP contribution in [0.15, 0.2) is 18.2 Å². The van der Waals surface area contributed by atoms with Gasteiger partial charge in [-0.2, -0.15) is 0 Å². The number of benzene rings is 1. The zero-order valence-corrected chi connectivity index (χ0v) is 12.8. The standard InChI is InChI=1S/C17H23NO3/c1-20-16-7-6-12(9-17(16)21-2)15-11-14(19)10-13-5-3-4-8-18(13)15/h6-7,9,13,15H,3-5,8,10-11H2,1-2H3/t13?,15-/m0/s1. The van der Waals surface area contributed by atoms with E-state index >= 15 is 0 Å². The molecule has 21 heavy (non-hydrogen) atoms. The highest BCUT2D eigenvalue weighted by Crippen LogP contribution is 2.39. The number of fused-ring (bicyclic) bond motifs is 1. The lowest BCUT2D eigenvalue weighted by Gasteiger charge is -2.44. The van der Waals surface area contributed by atoms with Crippen molar-refractivity contribution >= 4 is 5.78 Å². The number of carbonyl (C=O) groups is 1. The van der Waals surface area contributed by atoms with Crippen molar-refractivity contribution in [2.75, 3.05) is 20.8 Å². The van der Waals surface area contributed by atoms with Crippen LogP contribution in [0.2, 0.25) is 0 Å². The monoisotopic (exact) mass is 289 g/mol. The first kappa shape index (κ1) is 14.4. The first-order chi connectivity index (χ1) is 10.2. The van der Waals surface area contributed by atoms with E-state index in [0.717, 1.165) is 36.4 Å². The van der Waals surface area contributed by atoms with Gasteiger partial charge in [-0.05, 0) is 37.1 Å². The Morgan fingerprint density at radius 2 is 1.90 bits per heavy atom. The smallest absolute Gasteiger partial charge is 0.161 e. The maximum Gasteiger partial charge on any atom is 0.161 e. The molecule has 2 aliphatic rings. The number of nitrogens with zero attached hydrogens (tertiary/aromatic N) is 1. The molecule has 2 saturated heterocycles. The van der Waals surface area contributed by atoms with E-state index in [2.05, 4.69) is 11.0 Å². The van der Waals surface area contributed by atoms with Crippen LogP contribution in [0.1, 0.15) is 43.7 Å². The second-order valence-electron chi connectivity index (χ2n) is 5.96. The molecule has 0 saturated carbocycles. The Labute approximate surface area is 126 Å². The molecule has 2 atom stereocenters. The van der Waals surface area contributed by atoms with Crippen molar-refractivity contribution in [2.45, 2.75) is 44.2 Å². The Balaban J connectivity index is 1.91. The molecule has 2 heterocycles. The fourth-order valence-corrected chi connectivity index (χ4v) is 3.70. The summed E-state index contributed by atoms with van der Waals surface area (Å²) in [4.78, 5) is 14.6. The highest BCUT2D eigenvalue weighted by Gasteiger charge is 2.36. The lowest BCUT2D eigenvalue weighted by atomic mass is 9.85. The predicted molar refractivity (Wildman–Crippen MR) is 80.9 cm³/mol. The van der Waals surface area contributed by atoms with Crippen LogP contribution >= 0.6 is 0 Å². The molecule has 0 spiro atoms. The van der Waals surface area contributed by atoms with Crippen LogP contribution in [-0.4, -0.2) is 37.5 Å². The lowest BCUT2D eigenvalue weighted by Crippen LogP contribution is -2.47. The quantitative estimate of drug-likeness (QED) is 0.857. The maximum atomic E-state index is 12.1. The highest BCUT2D eigenvalue weighted by atomic mass is 16.5. The van der Waals surface area contributed by atoms with E-state index in [-0.39, 0.29) is 6.04 Å². The highest BCUT2D eigenvalue weighted by molar-refractivity contribution is 5.80. The summed E-state index contributed by atoms with van der Waals surface area (Å²) in [5, 5.41) is 0. The Bertz CT molecular complexity index is 529. The molecule has 2 aliphatic heterocycles. The molecule has 1 unspecified atom stereocenters. The Kier molecular flexibility index (Phi) is 4.15. The van der Waals surface area contributed by atoms with Crippen molar-refractivity contribution in [1.29, 1.82) is 0 Å². The van der Waals surface area contributed by atoms with Crippen molar-refractivity contribution in [1.82, 2.24) is 4.90 Å². The topological polar surface area (TPSA) is 38.8 Å². The van der Waals surface area contributed by atoms with E-state index in [4.69, 9.17) is 9.47 Å². The molecule has 0 amide bonds. The molecule has 1 aromatic rings. The van der Waals surface area contributed by atoms with Crippen molar-refractivity contribution in [3.05, 3.63) is 23.8 Å². The third kappa shape index (κ3) is 2.77. The van der Waals surface area contributed by atoms with E-state index in [9.17, 15) is 4.79 Å². The maximum absolute atomic E-state index is 12.1. The van der Waals surface area contributed by atoms with Gasteiger partial charge in [0.1, 0.15) is 5.78 Å². The molecule has 2 fully saturated rings. The van der Waals surface area contributed by atoms with E-state index in [0.29, 0.717) is 18.2 Å². The largest absolute Gasteiger partial charge is 0.493 e. The van der Waals surface area contributed by atoms with Crippen LogP contribution in [0.4, 0.5) is 0 Å². The summed E-state index contributed by atoms with van der Waals surface area (Å²) in [5.74, 6) is 1.86. The van der Waals surface area contributed by atoms with Gasteiger partial charge in [0.05, 0.1) is 14.2 Å². The van der Waals surface area contributed by atoms with Crippen molar-refractivity contribution < 1.29 is 14.3 Å². The van der Waals surface area contributed by atoms with Gasteiger partial charge in [0.25, 0.3) is 0 Å². The summed E-state index contributed by atoms with van der Waals surface area (Å²) < 4.78 is 10.7. The normalized spacial score (nSPS) is 26.3. The minimum atomic E-state index is 0.191. The van der Waals surface area contributed by atoms with Gasteiger partial charge < -0.3 is 9.47 Å². The molecule has 0 radical (unpaired) electrons. The van der Waals surface area contributed by atoms with Crippen LogP contribution in [0.25, 0.3) is 0 Å². The number of hydrogen-bond acceptors (Lipinski definition) is 4. The number of carbonyl (C=O) groups excluding carboxylic acids is 1. The molecule has 4 nitrogen and oxygen atoms in total. The molecular weight excluding hydrogens is 266 g/mol. The number of piperidine rings is 2. The summed E-state index contributed by atoms with van der Waals surface area (Å²) in [6, 6.07) is 6.64. The van der Waals surface area contributed by atoms with Crippen LogP contribution in [-0.2, 0) is 4.79 Å². The Morgan fingerprint density at radius 1 is 1.10 bits per heavy atom. The predicted octanol–water partition coefficient (Wildman–Crippen LogP) is 2.96. The first-order valence-electron chi connectivity index (χ1n) is 7.72. The number of Topliss-reactive ketones (excluding diaryl/α,β-unsaturated/α-hetero) is 1. The van der Waals surface area contributed by atoms with Crippen LogP contribution in [0, 0.1) is 0 Å². The van der Waals surface area contributed by atoms with Crippen LogP contribution in [0.3, 0.4) is 0 Å². The zero-order valence-electron chi connectivity index (χ0n) is 12.8. The van der Waals surface area contributed by atoms with Crippen LogP contribution in [0.5, 0.6) is 11.5 Å². The summed E-state index contributed by atoms with van der Waals surface area (Å²) in [6.45, 7) is 1.09. The number of ketones is 1. The van der Waals surface area contributed by atoms with Crippen molar-refractivity contribution in [2.24, 2.45) is 0 Å². The average Bonchev–Trinajstić information content (AvgIpc) is 2.53. The molecule has 0 aromatic heterocycles. The SMILES string of the molecule is COc1ccc([C@@H]2CC(=O)CC3CCCCN32)cc1OC. The molecule has 0 bridgehead atoms. The van der Waals surface area contributed by atoms with Gasteiger partial charge in [0.2, 0.25) is 0 Å². The van der Waals surface area contributed by atoms with E-state index in [1.165, 1.54) is 12.8 Å². The second-order valence-corrected chi connectivity index (χ2v) is 5.96. The van der Waals surface area contributed by atoms with Gasteiger partial charge in [-0.1, -0.05) is 12.5 Å². The van der Waals surface area contributed by atoms with Gasteiger partial charge in [0, 0.05) is 24.9 Å². The summed E-state index contributed by atoms with van der Waals surface area (Å²) in [6.07, 6.45) is 4.97. The second kappa shape index (κ2) is 6.06. The number of methoxy groups -OCH3 is 2. The number of ether oxygens (including phenoxy) is 2. The Hall–Kier alpha value is -1.55. The summed E-state index contributed by atoms with van der Waals surface area (Å²) in [5.41, 5.74) is 1.16. The molecule has 114 valence electrons. The molecule has 3 rings (SSSR count). The number of rotatable bonds is 3. The first-order valence-corrected chi connectivity index (χ1v) is 7.72. The minimum absolute atomic E-state index is 0.191. The zero-order chi connectivity index (χ0) is 14.8. The number of hydrogen-bond donors (Lipinski definition) is 0. The Morgan fingerprint density at radius 3 is 2.67 bits per heavy atom. The van der Waals surface area contributed by atoms with Gasteiger partial charge in [-0.15, -0.1) is 0 Å². The molecule has 0 aliphatic carbocycles. The molecular formula is C17H23NO3. The van der Waals surface area contributed by atoms with Crippen molar-refractivity contribution in [3.63, 3.8) is 0 Å². The van der Waals surface area contributed by atoms with Gasteiger partial charge >= 0.3 is 0 Å². The van der Waals surface area contributed by atoms with Gasteiger partial charge in [0.15, 0.2) is 11.5 Å². The van der Waals surface area contributed by atoms with Crippen LogP contribution < -0.4 is 9.47 Å². The van der Waals surface area contributed by atoms with Gasteiger partial charge in [-0.25, -0.2) is 0 Å². The fourth-order valence-electron chi connectivity index (χ4n) is 3.70. The van der Waals surface area contributed by atoms with E-state index < -0.39 is 0 Å². The average molecular weight is 289 g/mol. The lowest BCUT2D eigenvalue weighted by molar-refractivity contribution is -0.126. The molecule has 1 aromatic carbocycles.